The summed E-state index contributed by atoms with van der Waals surface area (Å²) < 4.78 is 31.2. The molecule has 0 saturated heterocycles. The van der Waals surface area contributed by atoms with E-state index in [2.05, 4.69) is 15.1 Å². The molecule has 0 spiro atoms. The van der Waals surface area contributed by atoms with Crippen LogP contribution in [0.1, 0.15) is 18.5 Å². The zero-order valence-corrected chi connectivity index (χ0v) is 20.6. The number of hydrogen-bond donors (Lipinski definition) is 0. The number of hydrogen-bond acceptors (Lipinski definition) is 7. The van der Waals surface area contributed by atoms with E-state index in [9.17, 15) is 13.2 Å². The molecule has 8 nitrogen and oxygen atoms in total. The van der Waals surface area contributed by atoms with Crippen LogP contribution in [0.2, 0.25) is 0 Å². The summed E-state index contributed by atoms with van der Waals surface area (Å²) >= 11 is 0. The smallest absolute Gasteiger partial charge is 0.202 e. The van der Waals surface area contributed by atoms with Crippen LogP contribution in [0.4, 0.5) is 0 Å². The zero-order valence-electron chi connectivity index (χ0n) is 19.8. The van der Waals surface area contributed by atoms with Crippen LogP contribution < -0.4 is 4.74 Å². The topological polar surface area (TPSA) is 104 Å². The van der Waals surface area contributed by atoms with Gasteiger partial charge in [0.15, 0.2) is 9.84 Å². The normalized spacial score (nSPS) is 15.8. The molecule has 4 aromatic rings. The Bertz CT molecular complexity index is 1620. The van der Waals surface area contributed by atoms with E-state index in [4.69, 9.17) is 4.74 Å². The van der Waals surface area contributed by atoms with E-state index in [0.29, 0.717) is 11.5 Å². The second-order valence-corrected chi connectivity index (χ2v) is 10.6. The van der Waals surface area contributed by atoms with Gasteiger partial charge < -0.3 is 4.74 Å². The van der Waals surface area contributed by atoms with Gasteiger partial charge in [0.05, 0.1) is 22.7 Å². The molecule has 36 heavy (non-hydrogen) atoms. The predicted octanol–water partition coefficient (Wildman–Crippen LogP) is 4.22. The fourth-order valence-corrected chi connectivity index (χ4v) is 4.58. The molecule has 0 saturated carbocycles. The van der Waals surface area contributed by atoms with Crippen molar-refractivity contribution in [3.63, 3.8) is 0 Å². The van der Waals surface area contributed by atoms with E-state index >= 15 is 0 Å². The number of pyridine rings is 1. The van der Waals surface area contributed by atoms with Crippen molar-refractivity contribution in [2.24, 2.45) is 4.99 Å². The maximum atomic E-state index is 12.4. The van der Waals surface area contributed by atoms with Gasteiger partial charge in [-0.15, -0.1) is 0 Å². The third kappa shape index (κ3) is 4.96. The second-order valence-electron chi connectivity index (χ2n) is 8.54. The van der Waals surface area contributed by atoms with Gasteiger partial charge in [-0.3, -0.25) is 19.5 Å². The Labute approximate surface area is 208 Å². The Morgan fingerprint density at radius 1 is 1.03 bits per heavy atom. The fourth-order valence-electron chi connectivity index (χ4n) is 3.95. The minimum absolute atomic E-state index is 0.0488. The first-order valence-electron chi connectivity index (χ1n) is 11.4. The minimum atomic E-state index is -3.26. The molecule has 1 aliphatic rings. The van der Waals surface area contributed by atoms with Gasteiger partial charge in [-0.25, -0.2) is 8.42 Å². The SMILES string of the molecule is CCn1cc(C2C=CC(=O)C(COc3ccc4ncc(-c5ccc(S(C)(=O)=O)cc5)cc4c3)=N2)cn1. The lowest BCUT2D eigenvalue weighted by molar-refractivity contribution is -0.109. The number of fused-ring (bicyclic) bond motifs is 1. The van der Waals surface area contributed by atoms with Crippen LogP contribution >= 0.6 is 0 Å². The van der Waals surface area contributed by atoms with Gasteiger partial charge in [0.2, 0.25) is 5.78 Å². The van der Waals surface area contributed by atoms with Crippen molar-refractivity contribution < 1.29 is 17.9 Å². The van der Waals surface area contributed by atoms with E-state index in [1.807, 2.05) is 42.1 Å². The molecule has 5 rings (SSSR count). The van der Waals surface area contributed by atoms with Gasteiger partial charge in [-0.1, -0.05) is 18.2 Å². The lowest BCUT2D eigenvalue weighted by Crippen LogP contribution is -2.23. The van der Waals surface area contributed by atoms with E-state index < -0.39 is 9.84 Å². The van der Waals surface area contributed by atoms with Crippen molar-refractivity contribution in [1.29, 1.82) is 0 Å². The monoisotopic (exact) mass is 500 g/mol. The second kappa shape index (κ2) is 9.50. The molecule has 0 radical (unpaired) electrons. The third-order valence-electron chi connectivity index (χ3n) is 5.97. The minimum Gasteiger partial charge on any atom is -0.487 e. The first-order valence-corrected chi connectivity index (χ1v) is 13.3. The molecule has 3 heterocycles. The van der Waals surface area contributed by atoms with Crippen LogP contribution in [-0.4, -0.2) is 47.5 Å². The molecule has 9 heteroatoms. The number of allylic oxidation sites excluding steroid dienone is 1. The molecule has 1 atom stereocenters. The van der Waals surface area contributed by atoms with Crippen molar-refractivity contribution >= 4 is 32.2 Å². The molecule has 1 unspecified atom stereocenters. The zero-order chi connectivity index (χ0) is 25.3. The van der Waals surface area contributed by atoms with Gasteiger partial charge in [-0.05, 0) is 55.0 Å². The number of aryl methyl sites for hydroxylation is 1. The highest BCUT2D eigenvalue weighted by Crippen LogP contribution is 2.27. The summed E-state index contributed by atoms with van der Waals surface area (Å²) in [5, 5.41) is 5.15. The number of aromatic nitrogens is 3. The van der Waals surface area contributed by atoms with Crippen molar-refractivity contribution in [3.8, 4) is 16.9 Å². The highest BCUT2D eigenvalue weighted by atomic mass is 32.2. The quantitative estimate of drug-likeness (QED) is 0.376. The Balaban J connectivity index is 1.34. The van der Waals surface area contributed by atoms with Crippen molar-refractivity contribution in [1.82, 2.24) is 14.8 Å². The maximum Gasteiger partial charge on any atom is 0.202 e. The fraction of sp³-hybridized carbons (Fsp3) is 0.185. The molecule has 0 aliphatic carbocycles. The molecule has 2 aromatic carbocycles. The lowest BCUT2D eigenvalue weighted by atomic mass is 10.1. The van der Waals surface area contributed by atoms with Crippen LogP contribution in [0.5, 0.6) is 5.75 Å². The first kappa shape index (κ1) is 23.6. The molecular formula is C27H24N4O4S. The van der Waals surface area contributed by atoms with Crippen LogP contribution in [0.25, 0.3) is 22.0 Å². The van der Waals surface area contributed by atoms with Crippen LogP contribution in [0.3, 0.4) is 0 Å². The lowest BCUT2D eigenvalue weighted by Gasteiger charge is -2.14. The van der Waals surface area contributed by atoms with Crippen molar-refractivity contribution in [2.45, 2.75) is 24.4 Å². The van der Waals surface area contributed by atoms with Gasteiger partial charge in [-0.2, -0.15) is 5.10 Å². The number of dihydropyridines is 1. The molecule has 0 N–H and O–H groups in total. The number of carbonyl (C=O) groups excluding carboxylic acids is 1. The summed E-state index contributed by atoms with van der Waals surface area (Å²) in [5.74, 6) is 0.422. The summed E-state index contributed by atoms with van der Waals surface area (Å²) in [6.07, 6.45) is 9.93. The van der Waals surface area contributed by atoms with Gasteiger partial charge in [0.25, 0.3) is 0 Å². The summed E-state index contributed by atoms with van der Waals surface area (Å²) in [6, 6.07) is 13.9. The molecule has 2 aromatic heterocycles. The third-order valence-corrected chi connectivity index (χ3v) is 7.10. The number of ketones is 1. The van der Waals surface area contributed by atoms with Crippen LogP contribution in [-0.2, 0) is 21.2 Å². The first-order chi connectivity index (χ1) is 17.3. The van der Waals surface area contributed by atoms with E-state index in [1.54, 1.807) is 42.7 Å². The average molecular weight is 501 g/mol. The van der Waals surface area contributed by atoms with E-state index in [1.165, 1.54) is 12.3 Å². The number of nitrogens with zero attached hydrogens (tertiary/aromatic N) is 4. The Morgan fingerprint density at radius 2 is 1.83 bits per heavy atom. The molecule has 0 fully saturated rings. The summed E-state index contributed by atoms with van der Waals surface area (Å²) in [5.41, 5.74) is 3.78. The Kier molecular flexibility index (Phi) is 6.24. The van der Waals surface area contributed by atoms with Crippen LogP contribution in [0.15, 0.2) is 89.2 Å². The van der Waals surface area contributed by atoms with Crippen LogP contribution in [0, 0.1) is 0 Å². The highest BCUT2D eigenvalue weighted by Gasteiger charge is 2.20. The van der Waals surface area contributed by atoms with E-state index in [0.717, 1.165) is 34.1 Å². The predicted molar refractivity (Wildman–Crippen MR) is 138 cm³/mol. The van der Waals surface area contributed by atoms with Gasteiger partial charge >= 0.3 is 0 Å². The molecule has 1 aliphatic heterocycles. The van der Waals surface area contributed by atoms with Gasteiger partial charge in [0.1, 0.15) is 18.1 Å². The largest absolute Gasteiger partial charge is 0.487 e. The number of ether oxygens (including phenoxy) is 1. The highest BCUT2D eigenvalue weighted by molar-refractivity contribution is 7.90. The number of sulfone groups is 1. The average Bonchev–Trinajstić information content (AvgIpc) is 3.37. The number of benzene rings is 2. The number of aliphatic imine (C=N–C) groups is 1. The van der Waals surface area contributed by atoms with Crippen molar-refractivity contribution in [3.05, 3.63) is 84.8 Å². The number of carbonyl (C=O) groups is 1. The van der Waals surface area contributed by atoms with Crippen molar-refractivity contribution in [2.75, 3.05) is 12.9 Å². The summed E-state index contributed by atoms with van der Waals surface area (Å²) in [6.45, 7) is 2.82. The molecule has 0 bridgehead atoms. The maximum absolute atomic E-state index is 12.4. The molecule has 0 amide bonds. The Morgan fingerprint density at radius 3 is 2.56 bits per heavy atom. The Hall–Kier alpha value is -4.11. The molecule has 182 valence electrons. The number of rotatable bonds is 7. The standard InChI is InChI=1S/C27H24N4O4S/c1-3-31-16-21(15-29-31)25-10-11-27(32)26(30-25)17-35-22-6-9-24-19(13-22)12-20(14-28-24)18-4-7-23(8-5-18)36(2,33)34/h4-16,25H,3,17H2,1-2H3. The van der Waals surface area contributed by atoms with E-state index in [-0.39, 0.29) is 23.3 Å². The summed E-state index contributed by atoms with van der Waals surface area (Å²) in [7, 11) is -3.26. The van der Waals surface area contributed by atoms with Gasteiger partial charge in [0, 0.05) is 41.7 Å². The summed E-state index contributed by atoms with van der Waals surface area (Å²) in [4.78, 5) is 21.8. The molecular weight excluding hydrogens is 476 g/mol.